The highest BCUT2D eigenvalue weighted by molar-refractivity contribution is 5.94. The van der Waals surface area contributed by atoms with Crippen LogP contribution in [0.2, 0.25) is 0 Å². The Morgan fingerprint density at radius 2 is 1.93 bits per heavy atom. The number of nitrogens with two attached hydrogens (primary N) is 1. The molecule has 1 aromatic rings. The normalized spacial score (nSPS) is 11.3. The van der Waals surface area contributed by atoms with Crippen LogP contribution in [0.3, 0.4) is 0 Å². The first-order valence-electron chi connectivity index (χ1n) is 4.74. The molecule has 3 nitrogen and oxygen atoms in total. The quantitative estimate of drug-likeness (QED) is 0.615. The summed E-state index contributed by atoms with van der Waals surface area (Å²) in [6.07, 6.45) is 1.20. The lowest BCUT2D eigenvalue weighted by atomic mass is 10.2. The van der Waals surface area contributed by atoms with E-state index in [4.69, 9.17) is 15.9 Å². The highest BCUT2D eigenvalue weighted by Gasteiger charge is 2.01. The summed E-state index contributed by atoms with van der Waals surface area (Å²) in [5, 5.41) is 7.22. The highest BCUT2D eigenvalue weighted by Crippen LogP contribution is 2.14. The van der Waals surface area contributed by atoms with Crippen LogP contribution in [-0.4, -0.2) is 11.9 Å². The van der Waals surface area contributed by atoms with E-state index in [1.807, 2.05) is 19.1 Å². The van der Waals surface area contributed by atoms with Crippen LogP contribution in [0.1, 0.15) is 25.8 Å². The summed E-state index contributed by atoms with van der Waals surface area (Å²) in [5.41, 5.74) is 6.06. The predicted molar refractivity (Wildman–Crippen MR) is 65.1 cm³/mol. The van der Waals surface area contributed by atoms with E-state index in [-0.39, 0.29) is 24.3 Å². The van der Waals surface area contributed by atoms with Crippen molar-refractivity contribution in [3.63, 3.8) is 0 Å². The van der Waals surface area contributed by atoms with Crippen molar-refractivity contribution in [2.24, 2.45) is 5.73 Å². The van der Waals surface area contributed by atoms with Gasteiger partial charge in [-0.1, -0.05) is 6.92 Å². The summed E-state index contributed by atoms with van der Waals surface area (Å²) in [7, 11) is 0. The number of amidine groups is 1. The average molecular weight is 229 g/mol. The molecule has 0 heterocycles. The Morgan fingerprint density at radius 1 is 1.40 bits per heavy atom. The minimum atomic E-state index is 0. The van der Waals surface area contributed by atoms with Crippen LogP contribution in [0.5, 0.6) is 5.75 Å². The zero-order valence-corrected chi connectivity index (χ0v) is 9.80. The zero-order chi connectivity index (χ0) is 10.6. The molecule has 0 aliphatic heterocycles. The van der Waals surface area contributed by atoms with Gasteiger partial charge in [-0.3, -0.25) is 5.41 Å². The fourth-order valence-corrected chi connectivity index (χ4v) is 1.03. The van der Waals surface area contributed by atoms with Crippen LogP contribution in [-0.2, 0) is 0 Å². The maximum Gasteiger partial charge on any atom is 0.122 e. The van der Waals surface area contributed by atoms with Gasteiger partial charge in [0.1, 0.15) is 11.6 Å². The van der Waals surface area contributed by atoms with Crippen molar-refractivity contribution in [1.29, 1.82) is 5.41 Å². The maximum absolute atomic E-state index is 7.22. The maximum atomic E-state index is 7.22. The van der Waals surface area contributed by atoms with Crippen LogP contribution in [0.4, 0.5) is 0 Å². The number of nitrogens with one attached hydrogen (secondary N) is 1. The van der Waals surface area contributed by atoms with Gasteiger partial charge in [-0.2, -0.15) is 0 Å². The molecule has 0 aromatic heterocycles. The van der Waals surface area contributed by atoms with Crippen LogP contribution < -0.4 is 10.5 Å². The van der Waals surface area contributed by atoms with E-state index in [1.54, 1.807) is 12.1 Å². The second-order valence-electron chi connectivity index (χ2n) is 3.27. The van der Waals surface area contributed by atoms with E-state index in [9.17, 15) is 0 Å². The van der Waals surface area contributed by atoms with Gasteiger partial charge in [0.2, 0.25) is 0 Å². The fraction of sp³-hybridized carbons (Fsp3) is 0.364. The number of hydrogen-bond acceptors (Lipinski definition) is 2. The fourth-order valence-electron chi connectivity index (χ4n) is 1.03. The summed E-state index contributed by atoms with van der Waals surface area (Å²) >= 11 is 0. The van der Waals surface area contributed by atoms with Gasteiger partial charge in [0.05, 0.1) is 6.10 Å². The first kappa shape index (κ1) is 13.8. The van der Waals surface area contributed by atoms with E-state index >= 15 is 0 Å². The average Bonchev–Trinajstić information content (AvgIpc) is 2.18. The first-order valence-corrected chi connectivity index (χ1v) is 4.74. The van der Waals surface area contributed by atoms with Gasteiger partial charge in [-0.05, 0) is 37.6 Å². The molecule has 1 atom stereocenters. The molecule has 0 amide bonds. The minimum Gasteiger partial charge on any atom is -0.491 e. The van der Waals surface area contributed by atoms with Crippen molar-refractivity contribution < 1.29 is 4.74 Å². The van der Waals surface area contributed by atoms with E-state index in [0.717, 1.165) is 17.7 Å². The van der Waals surface area contributed by atoms with Crippen molar-refractivity contribution in [2.45, 2.75) is 26.4 Å². The molecule has 0 bridgehead atoms. The molecule has 1 unspecified atom stereocenters. The zero-order valence-electron chi connectivity index (χ0n) is 8.99. The third kappa shape index (κ3) is 4.21. The van der Waals surface area contributed by atoms with Crippen molar-refractivity contribution in [3.8, 4) is 5.75 Å². The molecular weight excluding hydrogens is 212 g/mol. The topological polar surface area (TPSA) is 59.1 Å². The number of benzene rings is 1. The molecule has 0 spiro atoms. The van der Waals surface area contributed by atoms with Gasteiger partial charge < -0.3 is 10.5 Å². The van der Waals surface area contributed by atoms with Crippen molar-refractivity contribution in [2.75, 3.05) is 0 Å². The number of hydrogen-bond donors (Lipinski definition) is 2. The summed E-state index contributed by atoms with van der Waals surface area (Å²) in [6.45, 7) is 4.10. The van der Waals surface area contributed by atoms with Gasteiger partial charge in [0.25, 0.3) is 0 Å². The van der Waals surface area contributed by atoms with Crippen LogP contribution in [0.25, 0.3) is 0 Å². The van der Waals surface area contributed by atoms with Gasteiger partial charge in [0, 0.05) is 5.56 Å². The second kappa shape index (κ2) is 6.30. The highest BCUT2D eigenvalue weighted by atomic mass is 35.5. The standard InChI is InChI=1S/C11H16N2O.ClH/c1-3-8(2)14-10-6-4-9(5-7-10)11(12)13;/h4-8H,3H2,1-2H3,(H3,12,13);1H. The Labute approximate surface area is 96.5 Å². The Bertz CT molecular complexity index is 311. The van der Waals surface area contributed by atoms with Crippen LogP contribution in [0.15, 0.2) is 24.3 Å². The molecule has 0 radical (unpaired) electrons. The van der Waals surface area contributed by atoms with Crippen molar-refractivity contribution in [1.82, 2.24) is 0 Å². The summed E-state index contributed by atoms with van der Waals surface area (Å²) in [5.74, 6) is 0.907. The number of halogens is 1. The van der Waals surface area contributed by atoms with Gasteiger partial charge in [-0.15, -0.1) is 12.4 Å². The largest absolute Gasteiger partial charge is 0.491 e. The molecule has 0 saturated carbocycles. The van der Waals surface area contributed by atoms with Gasteiger partial charge >= 0.3 is 0 Å². The lowest BCUT2D eigenvalue weighted by Gasteiger charge is -2.12. The van der Waals surface area contributed by atoms with Gasteiger partial charge in [-0.25, -0.2) is 0 Å². The molecular formula is C11H17ClN2O. The Morgan fingerprint density at radius 3 is 2.33 bits per heavy atom. The molecule has 0 saturated heterocycles. The van der Waals surface area contributed by atoms with Crippen molar-refractivity contribution in [3.05, 3.63) is 29.8 Å². The molecule has 0 aliphatic rings. The summed E-state index contributed by atoms with van der Waals surface area (Å²) < 4.78 is 5.59. The number of ether oxygens (including phenoxy) is 1. The lowest BCUT2D eigenvalue weighted by molar-refractivity contribution is 0.217. The third-order valence-corrected chi connectivity index (χ3v) is 2.08. The van der Waals surface area contributed by atoms with Crippen LogP contribution in [0, 0.1) is 5.41 Å². The molecule has 3 N–H and O–H groups in total. The van der Waals surface area contributed by atoms with Crippen LogP contribution >= 0.6 is 12.4 Å². The Hall–Kier alpha value is -1.22. The molecule has 0 aliphatic carbocycles. The molecule has 1 rings (SSSR count). The first-order chi connectivity index (χ1) is 6.63. The smallest absolute Gasteiger partial charge is 0.122 e. The van der Waals surface area contributed by atoms with E-state index in [2.05, 4.69) is 6.92 Å². The lowest BCUT2D eigenvalue weighted by Crippen LogP contribution is -2.12. The van der Waals surface area contributed by atoms with E-state index < -0.39 is 0 Å². The molecule has 15 heavy (non-hydrogen) atoms. The molecule has 1 aromatic carbocycles. The van der Waals surface area contributed by atoms with Crippen molar-refractivity contribution >= 4 is 18.2 Å². The minimum absolute atomic E-state index is 0. The molecule has 0 fully saturated rings. The molecule has 4 heteroatoms. The van der Waals surface area contributed by atoms with Gasteiger partial charge in [0.15, 0.2) is 0 Å². The molecule has 84 valence electrons. The summed E-state index contributed by atoms with van der Waals surface area (Å²) in [4.78, 5) is 0. The van der Waals surface area contributed by atoms with E-state index in [0.29, 0.717) is 0 Å². The third-order valence-electron chi connectivity index (χ3n) is 2.08. The predicted octanol–water partition coefficient (Wildman–Crippen LogP) is 2.57. The Kier molecular flexibility index (Phi) is 5.79. The Balaban J connectivity index is 0.00000196. The van der Waals surface area contributed by atoms with E-state index in [1.165, 1.54) is 0 Å². The number of nitrogen functional groups attached to an aromatic ring is 1. The monoisotopic (exact) mass is 228 g/mol. The SMILES string of the molecule is CCC(C)Oc1ccc(C(=N)N)cc1.Cl. The number of rotatable bonds is 4. The second-order valence-corrected chi connectivity index (χ2v) is 3.27. The summed E-state index contributed by atoms with van der Waals surface area (Å²) in [6, 6.07) is 7.26.